The summed E-state index contributed by atoms with van der Waals surface area (Å²) < 4.78 is 38.6. The van der Waals surface area contributed by atoms with Crippen LogP contribution in [0.2, 0.25) is 0 Å². The van der Waals surface area contributed by atoms with Gasteiger partial charge < -0.3 is 0 Å². The second-order valence-corrected chi connectivity index (χ2v) is 4.75. The summed E-state index contributed by atoms with van der Waals surface area (Å²) in [5, 5.41) is 4.92. The van der Waals surface area contributed by atoms with Crippen LogP contribution in [0.1, 0.15) is 32.9 Å². The highest BCUT2D eigenvalue weighted by Gasteiger charge is 2.35. The molecule has 2 aromatic heterocycles. The van der Waals surface area contributed by atoms with Crippen LogP contribution in [0.5, 0.6) is 0 Å². The maximum absolute atomic E-state index is 12.6. The Hall–Kier alpha value is -2.03. The molecule has 9 heteroatoms. The van der Waals surface area contributed by atoms with E-state index < -0.39 is 17.9 Å². The Bertz CT molecular complexity index is 648. The molecule has 0 aliphatic carbocycles. The van der Waals surface area contributed by atoms with Gasteiger partial charge in [0.25, 0.3) is 0 Å². The summed E-state index contributed by atoms with van der Waals surface area (Å²) in [6.45, 7) is 1.39. The number of carbonyl (C=O) groups is 1. The smallest absolute Gasteiger partial charge is 0.296 e. The van der Waals surface area contributed by atoms with E-state index in [1.165, 1.54) is 12.3 Å². The molecule has 105 valence electrons. The van der Waals surface area contributed by atoms with E-state index in [9.17, 15) is 22.8 Å². The largest absolute Gasteiger partial charge is 0.435 e. The van der Waals surface area contributed by atoms with Gasteiger partial charge in [-0.15, -0.1) is 11.3 Å². The number of halogens is 3. The summed E-state index contributed by atoms with van der Waals surface area (Å²) in [5.74, 6) is 0. The van der Waals surface area contributed by atoms with Crippen LogP contribution in [0.25, 0.3) is 0 Å². The molecule has 2 rings (SSSR count). The molecule has 0 aliphatic rings. The Labute approximate surface area is 115 Å². The zero-order chi connectivity index (χ0) is 14.9. The average Bonchev–Trinajstić information content (AvgIpc) is 2.98. The van der Waals surface area contributed by atoms with Crippen LogP contribution in [0, 0.1) is 6.92 Å². The van der Waals surface area contributed by atoms with Crippen LogP contribution in [-0.4, -0.2) is 27.3 Å². The fourth-order valence-corrected chi connectivity index (χ4v) is 2.36. The lowest BCUT2D eigenvalue weighted by Crippen LogP contribution is -2.16. The first kappa shape index (κ1) is 14.4. The number of aldehydes is 1. The van der Waals surface area contributed by atoms with Gasteiger partial charge in [-0.1, -0.05) is 0 Å². The lowest BCUT2D eigenvalue weighted by molar-refractivity contribution is -0.141. The predicted octanol–water partition coefficient (Wildman–Crippen LogP) is 2.18. The first-order chi connectivity index (χ1) is 9.36. The topological polar surface area (TPSA) is 64.8 Å². The Balaban J connectivity index is 2.44. The third kappa shape index (κ3) is 2.62. The van der Waals surface area contributed by atoms with E-state index >= 15 is 0 Å². The summed E-state index contributed by atoms with van der Waals surface area (Å²) in [5.41, 5.74) is -0.845. The number of hydrogen-bond acceptors (Lipinski definition) is 5. The van der Waals surface area contributed by atoms with Crippen molar-refractivity contribution in [2.24, 2.45) is 0 Å². The third-order valence-electron chi connectivity index (χ3n) is 2.46. The number of aromatic nitrogens is 3. The van der Waals surface area contributed by atoms with Gasteiger partial charge in [0.15, 0.2) is 18.0 Å². The maximum atomic E-state index is 12.6. The van der Waals surface area contributed by atoms with Crippen molar-refractivity contribution in [3.8, 4) is 0 Å². The summed E-state index contributed by atoms with van der Waals surface area (Å²) in [7, 11) is 0. The number of thiazole rings is 1. The molecule has 0 aromatic carbocycles. The normalized spacial score (nSPS) is 13.2. The number of aryl methyl sites for hydroxylation is 1. The summed E-state index contributed by atoms with van der Waals surface area (Å²) in [4.78, 5) is 25.4. The van der Waals surface area contributed by atoms with E-state index in [4.69, 9.17) is 0 Å². The minimum Gasteiger partial charge on any atom is -0.296 e. The van der Waals surface area contributed by atoms with E-state index in [0.717, 1.165) is 22.1 Å². The minimum atomic E-state index is -4.60. The Morgan fingerprint density at radius 1 is 1.50 bits per heavy atom. The summed E-state index contributed by atoms with van der Waals surface area (Å²) in [6.07, 6.45) is -2.52. The summed E-state index contributed by atoms with van der Waals surface area (Å²) in [6, 6.07) is -0.372. The fraction of sp³-hybridized carbons (Fsp3) is 0.273. The number of hydrogen-bond donors (Lipinski definition) is 0. The number of alkyl halides is 3. The molecule has 0 spiro atoms. The van der Waals surface area contributed by atoms with Gasteiger partial charge in [-0.25, -0.2) is 4.98 Å². The van der Waals surface area contributed by atoms with Gasteiger partial charge in [0.2, 0.25) is 6.29 Å². The van der Waals surface area contributed by atoms with Gasteiger partial charge in [-0.05, 0) is 13.0 Å². The quantitative estimate of drug-likeness (QED) is 0.812. The van der Waals surface area contributed by atoms with Crippen molar-refractivity contribution in [3.63, 3.8) is 0 Å². The van der Waals surface area contributed by atoms with E-state index in [-0.39, 0.29) is 16.4 Å². The lowest BCUT2D eigenvalue weighted by atomic mass is 10.3. The fourth-order valence-electron chi connectivity index (χ4n) is 1.57. The molecule has 1 unspecified atom stereocenters. The Morgan fingerprint density at radius 2 is 2.20 bits per heavy atom. The number of rotatable bonds is 4. The van der Waals surface area contributed by atoms with Gasteiger partial charge in [0.05, 0.1) is 0 Å². The molecular weight excluding hydrogens is 295 g/mol. The molecule has 0 bridgehead atoms. The highest BCUT2D eigenvalue weighted by Crippen LogP contribution is 2.30. The molecule has 0 amide bonds. The molecule has 0 saturated carbocycles. The zero-order valence-corrected chi connectivity index (χ0v) is 10.8. The van der Waals surface area contributed by atoms with E-state index in [2.05, 4.69) is 10.1 Å². The molecular formula is C11H7F3N3O2S. The van der Waals surface area contributed by atoms with Crippen molar-refractivity contribution in [1.82, 2.24) is 14.8 Å². The maximum Gasteiger partial charge on any atom is 0.435 e. The van der Waals surface area contributed by atoms with Crippen LogP contribution >= 0.6 is 11.3 Å². The molecule has 0 N–H and O–H groups in total. The monoisotopic (exact) mass is 302 g/mol. The highest BCUT2D eigenvalue weighted by molar-refractivity contribution is 7.10. The molecule has 2 heterocycles. The molecule has 2 aromatic rings. The van der Waals surface area contributed by atoms with Gasteiger partial charge in [-0.2, -0.15) is 18.3 Å². The summed E-state index contributed by atoms with van der Waals surface area (Å²) >= 11 is 0.980. The van der Waals surface area contributed by atoms with E-state index in [1.54, 1.807) is 6.29 Å². The van der Waals surface area contributed by atoms with E-state index in [0.29, 0.717) is 6.29 Å². The van der Waals surface area contributed by atoms with Crippen molar-refractivity contribution in [3.05, 3.63) is 33.5 Å². The molecule has 0 fully saturated rings. The number of carbonyl (C=O) groups excluding carboxylic acids is 2. The predicted molar refractivity (Wildman–Crippen MR) is 63.3 cm³/mol. The third-order valence-corrected chi connectivity index (χ3v) is 3.38. The molecule has 1 radical (unpaired) electrons. The Kier molecular flexibility index (Phi) is 3.71. The molecule has 0 saturated heterocycles. The second kappa shape index (κ2) is 5.16. The Morgan fingerprint density at radius 3 is 2.65 bits per heavy atom. The van der Waals surface area contributed by atoms with Crippen molar-refractivity contribution < 1.29 is 22.8 Å². The first-order valence-electron chi connectivity index (χ1n) is 5.28. The second-order valence-electron chi connectivity index (χ2n) is 3.86. The molecule has 0 aliphatic heterocycles. The zero-order valence-electron chi connectivity index (χ0n) is 10.0. The lowest BCUT2D eigenvalue weighted by Gasteiger charge is -2.09. The highest BCUT2D eigenvalue weighted by atomic mass is 32.1. The number of nitrogens with zero attached hydrogens (tertiary/aromatic N) is 3. The minimum absolute atomic E-state index is 0.103. The van der Waals surface area contributed by atoms with Crippen LogP contribution in [-0.2, 0) is 11.0 Å². The van der Waals surface area contributed by atoms with E-state index in [1.807, 2.05) is 0 Å². The standard InChI is InChI=1S/C11H7F3N3O2S/c1-6-2-9(11(12,13)14)16-17(6)8(4-19)10-15-7(3-18)5-20-10/h2-3,5,8H,1H3. The van der Waals surface area contributed by atoms with Crippen LogP contribution in [0.3, 0.4) is 0 Å². The van der Waals surface area contributed by atoms with Crippen LogP contribution < -0.4 is 0 Å². The van der Waals surface area contributed by atoms with Gasteiger partial charge in [-0.3, -0.25) is 14.3 Å². The van der Waals surface area contributed by atoms with Crippen LogP contribution in [0.15, 0.2) is 11.4 Å². The van der Waals surface area contributed by atoms with Gasteiger partial charge in [0, 0.05) is 11.1 Å². The van der Waals surface area contributed by atoms with Crippen molar-refractivity contribution in [2.75, 3.05) is 0 Å². The molecule has 20 heavy (non-hydrogen) atoms. The molecule has 1 atom stereocenters. The SMILES string of the molecule is Cc1cc(C(F)(F)F)nn1C([C]=O)c1nc(C=O)cs1. The molecule has 5 nitrogen and oxygen atoms in total. The first-order valence-corrected chi connectivity index (χ1v) is 6.16. The van der Waals surface area contributed by atoms with Gasteiger partial charge in [0.1, 0.15) is 10.7 Å². The van der Waals surface area contributed by atoms with Crippen molar-refractivity contribution >= 4 is 23.9 Å². The van der Waals surface area contributed by atoms with Crippen molar-refractivity contribution in [1.29, 1.82) is 0 Å². The average molecular weight is 302 g/mol. The van der Waals surface area contributed by atoms with Crippen molar-refractivity contribution in [2.45, 2.75) is 19.1 Å². The van der Waals surface area contributed by atoms with Crippen LogP contribution in [0.4, 0.5) is 13.2 Å². The van der Waals surface area contributed by atoms with Gasteiger partial charge >= 0.3 is 6.18 Å².